The fourth-order valence-corrected chi connectivity index (χ4v) is 2.03. The van der Waals surface area contributed by atoms with E-state index in [1.165, 1.54) is 13.0 Å². The average Bonchev–Trinajstić information content (AvgIpc) is 2.27. The van der Waals surface area contributed by atoms with Crippen LogP contribution in [0.4, 0.5) is 0 Å². The second-order valence-corrected chi connectivity index (χ2v) is 5.15. The van der Waals surface area contributed by atoms with Gasteiger partial charge in [0.15, 0.2) is 0 Å². The highest BCUT2D eigenvalue weighted by atomic mass is 16.2. The summed E-state index contributed by atoms with van der Waals surface area (Å²) in [5.41, 5.74) is 0. The van der Waals surface area contributed by atoms with Crippen LogP contribution in [0.1, 0.15) is 40.0 Å². The maximum atomic E-state index is 11.7. The van der Waals surface area contributed by atoms with Crippen LogP contribution in [0.15, 0.2) is 0 Å². The van der Waals surface area contributed by atoms with E-state index >= 15 is 0 Å². The highest BCUT2D eigenvalue weighted by Crippen LogP contribution is 2.07. The van der Waals surface area contributed by atoms with E-state index < -0.39 is 0 Å². The van der Waals surface area contributed by atoms with Gasteiger partial charge in [-0.2, -0.15) is 0 Å². The van der Waals surface area contributed by atoms with Crippen LogP contribution >= 0.6 is 0 Å². The maximum absolute atomic E-state index is 11.7. The number of amides is 1. The normalized spacial score (nSPS) is 18.1. The van der Waals surface area contributed by atoms with Gasteiger partial charge in [-0.3, -0.25) is 9.69 Å². The van der Waals surface area contributed by atoms with Crippen molar-refractivity contribution in [2.45, 2.75) is 40.0 Å². The SMILES string of the molecule is CCCC(=O)N1CCN(CCC(C)C)CC1. The lowest BCUT2D eigenvalue weighted by Gasteiger charge is -2.35. The minimum atomic E-state index is 0.339. The van der Waals surface area contributed by atoms with Crippen molar-refractivity contribution in [3.8, 4) is 0 Å². The first-order valence-electron chi connectivity index (χ1n) is 6.63. The second kappa shape index (κ2) is 6.89. The zero-order valence-corrected chi connectivity index (χ0v) is 11.0. The first-order chi connectivity index (χ1) is 7.63. The monoisotopic (exact) mass is 226 g/mol. The molecule has 0 radical (unpaired) electrons. The molecule has 1 fully saturated rings. The zero-order chi connectivity index (χ0) is 12.0. The molecule has 0 N–H and O–H groups in total. The zero-order valence-electron chi connectivity index (χ0n) is 11.0. The molecule has 0 spiro atoms. The molecule has 1 aliphatic rings. The third-order valence-electron chi connectivity index (χ3n) is 3.21. The molecule has 0 bridgehead atoms. The quantitative estimate of drug-likeness (QED) is 0.715. The molecule has 1 heterocycles. The van der Waals surface area contributed by atoms with Crippen LogP contribution < -0.4 is 0 Å². The second-order valence-electron chi connectivity index (χ2n) is 5.15. The Balaban J connectivity index is 2.20. The highest BCUT2D eigenvalue weighted by molar-refractivity contribution is 5.76. The average molecular weight is 226 g/mol. The molecule has 0 aliphatic carbocycles. The van der Waals surface area contributed by atoms with Crippen LogP contribution in [0.3, 0.4) is 0 Å². The Morgan fingerprint density at radius 1 is 1.19 bits per heavy atom. The molecule has 0 aromatic heterocycles. The summed E-state index contributed by atoms with van der Waals surface area (Å²) >= 11 is 0. The summed E-state index contributed by atoms with van der Waals surface area (Å²) in [4.78, 5) is 16.2. The molecule has 0 aromatic carbocycles. The van der Waals surface area contributed by atoms with Gasteiger partial charge in [-0.1, -0.05) is 20.8 Å². The lowest BCUT2D eigenvalue weighted by molar-refractivity contribution is -0.133. The molecule has 3 nitrogen and oxygen atoms in total. The molecule has 0 saturated carbocycles. The van der Waals surface area contributed by atoms with Crippen molar-refractivity contribution in [3.63, 3.8) is 0 Å². The Kier molecular flexibility index (Phi) is 5.81. The van der Waals surface area contributed by atoms with Gasteiger partial charge in [0.1, 0.15) is 0 Å². The molecular formula is C13H26N2O. The van der Waals surface area contributed by atoms with Crippen LogP contribution in [0, 0.1) is 5.92 Å². The van der Waals surface area contributed by atoms with Gasteiger partial charge in [0, 0.05) is 32.6 Å². The predicted molar refractivity (Wildman–Crippen MR) is 67.4 cm³/mol. The van der Waals surface area contributed by atoms with Crippen LogP contribution in [-0.2, 0) is 4.79 Å². The van der Waals surface area contributed by atoms with Crippen LogP contribution in [0.5, 0.6) is 0 Å². The summed E-state index contributed by atoms with van der Waals surface area (Å²) < 4.78 is 0. The molecule has 3 heteroatoms. The number of carbonyl (C=O) groups excluding carboxylic acids is 1. The molecule has 0 unspecified atom stereocenters. The molecule has 1 rings (SSSR count). The Hall–Kier alpha value is -0.570. The fraction of sp³-hybridized carbons (Fsp3) is 0.923. The van der Waals surface area contributed by atoms with Gasteiger partial charge in [-0.25, -0.2) is 0 Å². The molecule has 94 valence electrons. The van der Waals surface area contributed by atoms with Crippen LogP contribution in [-0.4, -0.2) is 48.4 Å². The lowest BCUT2D eigenvalue weighted by atomic mass is 10.1. The third kappa shape index (κ3) is 4.52. The number of carbonyl (C=O) groups is 1. The standard InChI is InChI=1S/C13H26N2O/c1-4-5-13(16)15-10-8-14(9-11-15)7-6-12(2)3/h12H,4-11H2,1-3H3. The summed E-state index contributed by atoms with van der Waals surface area (Å²) in [5, 5.41) is 0. The first kappa shape index (κ1) is 13.5. The lowest BCUT2D eigenvalue weighted by Crippen LogP contribution is -2.48. The van der Waals surface area contributed by atoms with E-state index in [1.807, 2.05) is 4.90 Å². The van der Waals surface area contributed by atoms with E-state index in [-0.39, 0.29) is 0 Å². The van der Waals surface area contributed by atoms with Crippen molar-refractivity contribution < 1.29 is 4.79 Å². The van der Waals surface area contributed by atoms with Crippen molar-refractivity contribution in [3.05, 3.63) is 0 Å². The summed E-state index contributed by atoms with van der Waals surface area (Å²) in [6.07, 6.45) is 2.95. The number of hydrogen-bond acceptors (Lipinski definition) is 2. The van der Waals surface area contributed by atoms with E-state index in [0.29, 0.717) is 12.3 Å². The van der Waals surface area contributed by atoms with E-state index in [9.17, 15) is 4.79 Å². The number of nitrogens with zero attached hydrogens (tertiary/aromatic N) is 2. The van der Waals surface area contributed by atoms with Gasteiger partial charge in [0.25, 0.3) is 0 Å². The van der Waals surface area contributed by atoms with Crippen molar-refractivity contribution in [1.29, 1.82) is 0 Å². The van der Waals surface area contributed by atoms with Gasteiger partial charge in [0.05, 0.1) is 0 Å². The summed E-state index contributed by atoms with van der Waals surface area (Å²) in [7, 11) is 0. The minimum absolute atomic E-state index is 0.339. The maximum Gasteiger partial charge on any atom is 0.222 e. The van der Waals surface area contributed by atoms with Crippen LogP contribution in [0.25, 0.3) is 0 Å². The van der Waals surface area contributed by atoms with E-state index in [0.717, 1.165) is 38.5 Å². The van der Waals surface area contributed by atoms with E-state index in [1.54, 1.807) is 0 Å². The predicted octanol–water partition coefficient (Wildman–Crippen LogP) is 1.98. The Bertz CT molecular complexity index is 208. The summed E-state index contributed by atoms with van der Waals surface area (Å²) in [6.45, 7) is 11.8. The van der Waals surface area contributed by atoms with Gasteiger partial charge in [0.2, 0.25) is 5.91 Å². The molecule has 0 atom stereocenters. The van der Waals surface area contributed by atoms with E-state index in [4.69, 9.17) is 0 Å². The Morgan fingerprint density at radius 3 is 2.31 bits per heavy atom. The number of rotatable bonds is 5. The van der Waals surface area contributed by atoms with Gasteiger partial charge < -0.3 is 4.90 Å². The molecule has 1 aliphatic heterocycles. The molecule has 16 heavy (non-hydrogen) atoms. The van der Waals surface area contributed by atoms with Crippen molar-refractivity contribution in [2.75, 3.05) is 32.7 Å². The number of piperazine rings is 1. The Morgan fingerprint density at radius 2 is 1.81 bits per heavy atom. The first-order valence-corrected chi connectivity index (χ1v) is 6.63. The topological polar surface area (TPSA) is 23.6 Å². The van der Waals surface area contributed by atoms with Gasteiger partial charge >= 0.3 is 0 Å². The molecule has 0 aromatic rings. The van der Waals surface area contributed by atoms with Gasteiger partial charge in [-0.05, 0) is 25.3 Å². The highest BCUT2D eigenvalue weighted by Gasteiger charge is 2.19. The van der Waals surface area contributed by atoms with Crippen molar-refractivity contribution >= 4 is 5.91 Å². The van der Waals surface area contributed by atoms with E-state index in [2.05, 4.69) is 25.7 Å². The van der Waals surface area contributed by atoms with Crippen molar-refractivity contribution in [1.82, 2.24) is 9.80 Å². The Labute approximate surface area is 99.8 Å². The summed E-state index contributed by atoms with van der Waals surface area (Å²) in [6, 6.07) is 0. The largest absolute Gasteiger partial charge is 0.340 e. The smallest absolute Gasteiger partial charge is 0.222 e. The molecule has 1 saturated heterocycles. The third-order valence-corrected chi connectivity index (χ3v) is 3.21. The van der Waals surface area contributed by atoms with Gasteiger partial charge in [-0.15, -0.1) is 0 Å². The summed E-state index contributed by atoms with van der Waals surface area (Å²) in [5.74, 6) is 1.12. The number of hydrogen-bond donors (Lipinski definition) is 0. The fourth-order valence-electron chi connectivity index (χ4n) is 2.03. The minimum Gasteiger partial charge on any atom is -0.340 e. The van der Waals surface area contributed by atoms with Crippen LogP contribution in [0.2, 0.25) is 0 Å². The van der Waals surface area contributed by atoms with Crippen molar-refractivity contribution in [2.24, 2.45) is 5.92 Å². The molecule has 1 amide bonds. The molecular weight excluding hydrogens is 200 g/mol.